The molecular weight excluding hydrogens is 150 g/mol. The molecule has 1 rings (SSSR count). The van der Waals surface area contributed by atoms with E-state index < -0.39 is 0 Å². The number of amides is 1. The average Bonchev–Trinajstić information content (AvgIpc) is 2.86. The second-order valence-electron chi connectivity index (χ2n) is 3.28. The number of hydrogen-bond donors (Lipinski definition) is 0. The fourth-order valence-corrected chi connectivity index (χ4v) is 1.20. The average molecular weight is 165 g/mol. The van der Waals surface area contributed by atoms with Crippen LogP contribution in [0.25, 0.3) is 0 Å². The van der Waals surface area contributed by atoms with Gasteiger partial charge in [0, 0.05) is 13.0 Å². The minimum Gasteiger partial charge on any atom is -0.331 e. The lowest BCUT2D eigenvalue weighted by molar-refractivity contribution is -0.130. The number of rotatable bonds is 4. The highest BCUT2D eigenvalue weighted by molar-refractivity contribution is 5.76. The van der Waals surface area contributed by atoms with Gasteiger partial charge in [0.15, 0.2) is 0 Å². The molecule has 1 amide bonds. The molecule has 0 aromatic carbocycles. The molecule has 0 unspecified atom stereocenters. The van der Waals surface area contributed by atoms with Crippen molar-refractivity contribution >= 4 is 5.91 Å². The fourth-order valence-electron chi connectivity index (χ4n) is 1.20. The van der Waals surface area contributed by atoms with Crippen molar-refractivity contribution in [2.24, 2.45) is 5.92 Å². The van der Waals surface area contributed by atoms with E-state index >= 15 is 0 Å². The molecule has 66 valence electrons. The maximum Gasteiger partial charge on any atom is 0.223 e. The topological polar surface area (TPSA) is 20.3 Å². The van der Waals surface area contributed by atoms with Crippen LogP contribution in [0.2, 0.25) is 0 Å². The van der Waals surface area contributed by atoms with E-state index in [-0.39, 0.29) is 5.91 Å². The lowest BCUT2D eigenvalue weighted by Crippen LogP contribution is -2.32. The Morgan fingerprint density at radius 2 is 2.33 bits per heavy atom. The summed E-state index contributed by atoms with van der Waals surface area (Å²) in [6.07, 6.45) is 8.26. The molecule has 12 heavy (non-hydrogen) atoms. The summed E-state index contributed by atoms with van der Waals surface area (Å²) in [5.41, 5.74) is 0. The molecule has 1 aliphatic carbocycles. The maximum absolute atomic E-state index is 11.3. The van der Waals surface area contributed by atoms with Crippen LogP contribution < -0.4 is 0 Å². The first kappa shape index (κ1) is 9.12. The molecule has 0 aromatic rings. The van der Waals surface area contributed by atoms with Crippen LogP contribution in [0.4, 0.5) is 0 Å². The Labute approximate surface area is 73.9 Å². The zero-order valence-electron chi connectivity index (χ0n) is 7.55. The second-order valence-corrected chi connectivity index (χ2v) is 3.28. The van der Waals surface area contributed by atoms with Crippen molar-refractivity contribution in [1.29, 1.82) is 0 Å². The van der Waals surface area contributed by atoms with Crippen molar-refractivity contribution in [1.82, 2.24) is 4.90 Å². The van der Waals surface area contributed by atoms with Gasteiger partial charge in [0.1, 0.15) is 0 Å². The van der Waals surface area contributed by atoms with Gasteiger partial charge >= 0.3 is 0 Å². The third-order valence-corrected chi connectivity index (χ3v) is 2.11. The third kappa shape index (κ3) is 2.58. The predicted octanol–water partition coefficient (Wildman–Crippen LogP) is 1.27. The Morgan fingerprint density at radius 1 is 1.67 bits per heavy atom. The van der Waals surface area contributed by atoms with Crippen LogP contribution in [0.5, 0.6) is 0 Å². The largest absolute Gasteiger partial charge is 0.331 e. The van der Waals surface area contributed by atoms with Crippen molar-refractivity contribution in [3.63, 3.8) is 0 Å². The molecule has 0 saturated heterocycles. The van der Waals surface area contributed by atoms with E-state index in [4.69, 9.17) is 6.42 Å². The van der Waals surface area contributed by atoms with Crippen molar-refractivity contribution in [2.75, 3.05) is 13.1 Å². The Hall–Kier alpha value is -0.970. The zero-order chi connectivity index (χ0) is 8.97. The van der Waals surface area contributed by atoms with E-state index in [0.717, 1.165) is 12.5 Å². The Balaban J connectivity index is 2.36. The van der Waals surface area contributed by atoms with Crippen molar-refractivity contribution < 1.29 is 4.79 Å². The van der Waals surface area contributed by atoms with Crippen LogP contribution in [0.15, 0.2) is 0 Å². The molecule has 0 atom stereocenters. The standard InChI is InChI=1S/C10H15NO/c1-3-7-11(10(12)4-2)8-9-5-6-9/h1,9H,4-8H2,2H3. The number of hydrogen-bond acceptors (Lipinski definition) is 1. The first-order valence-corrected chi connectivity index (χ1v) is 4.49. The molecule has 0 spiro atoms. The molecule has 0 bridgehead atoms. The first-order valence-electron chi connectivity index (χ1n) is 4.49. The van der Waals surface area contributed by atoms with Crippen molar-refractivity contribution in [3.8, 4) is 12.3 Å². The lowest BCUT2D eigenvalue weighted by atomic mass is 10.3. The molecule has 0 aromatic heterocycles. The van der Waals surface area contributed by atoms with Crippen molar-refractivity contribution in [3.05, 3.63) is 0 Å². The minimum atomic E-state index is 0.180. The predicted molar refractivity (Wildman–Crippen MR) is 48.4 cm³/mol. The summed E-state index contributed by atoms with van der Waals surface area (Å²) in [5.74, 6) is 3.43. The molecule has 1 aliphatic rings. The summed E-state index contributed by atoms with van der Waals surface area (Å²) in [6.45, 7) is 3.22. The highest BCUT2D eigenvalue weighted by atomic mass is 16.2. The van der Waals surface area contributed by atoms with Crippen LogP contribution in [0.3, 0.4) is 0 Å². The van der Waals surface area contributed by atoms with Gasteiger partial charge in [-0.05, 0) is 18.8 Å². The van der Waals surface area contributed by atoms with E-state index in [1.165, 1.54) is 12.8 Å². The highest BCUT2D eigenvalue weighted by Gasteiger charge is 2.25. The van der Waals surface area contributed by atoms with E-state index in [0.29, 0.717) is 13.0 Å². The summed E-state index contributed by atoms with van der Waals surface area (Å²) in [5, 5.41) is 0. The first-order chi connectivity index (χ1) is 5.77. The van der Waals surface area contributed by atoms with Crippen LogP contribution in [0, 0.1) is 18.3 Å². The van der Waals surface area contributed by atoms with Crippen LogP contribution >= 0.6 is 0 Å². The molecule has 1 saturated carbocycles. The maximum atomic E-state index is 11.3. The van der Waals surface area contributed by atoms with Gasteiger partial charge in [-0.25, -0.2) is 0 Å². The number of nitrogens with zero attached hydrogens (tertiary/aromatic N) is 1. The molecule has 2 heteroatoms. The Kier molecular flexibility index (Phi) is 3.16. The molecule has 2 nitrogen and oxygen atoms in total. The van der Waals surface area contributed by atoms with Crippen LogP contribution in [-0.2, 0) is 4.79 Å². The van der Waals surface area contributed by atoms with E-state index in [1.807, 2.05) is 6.92 Å². The summed E-state index contributed by atoms with van der Waals surface area (Å²) >= 11 is 0. The molecule has 0 N–H and O–H groups in total. The number of carbonyl (C=O) groups excluding carboxylic acids is 1. The smallest absolute Gasteiger partial charge is 0.223 e. The third-order valence-electron chi connectivity index (χ3n) is 2.11. The summed E-state index contributed by atoms with van der Waals surface area (Å²) in [4.78, 5) is 13.1. The van der Waals surface area contributed by atoms with Gasteiger partial charge in [-0.1, -0.05) is 12.8 Å². The SMILES string of the molecule is C#CCN(CC1CC1)C(=O)CC. The Bertz CT molecular complexity index is 200. The van der Waals surface area contributed by atoms with E-state index in [1.54, 1.807) is 4.90 Å². The zero-order valence-corrected chi connectivity index (χ0v) is 7.55. The number of terminal acetylenes is 1. The van der Waals surface area contributed by atoms with Crippen molar-refractivity contribution in [2.45, 2.75) is 26.2 Å². The van der Waals surface area contributed by atoms with Crippen LogP contribution in [-0.4, -0.2) is 23.9 Å². The Morgan fingerprint density at radius 3 is 2.75 bits per heavy atom. The second kappa shape index (κ2) is 4.15. The molecule has 1 fully saturated rings. The van der Waals surface area contributed by atoms with Gasteiger partial charge in [-0.15, -0.1) is 6.42 Å². The summed E-state index contributed by atoms with van der Waals surface area (Å²) in [6, 6.07) is 0. The molecule has 0 heterocycles. The van der Waals surface area contributed by atoms with Gasteiger partial charge < -0.3 is 4.90 Å². The number of carbonyl (C=O) groups is 1. The monoisotopic (exact) mass is 165 g/mol. The lowest BCUT2D eigenvalue weighted by Gasteiger charge is -2.18. The normalized spacial score (nSPS) is 15.3. The van der Waals surface area contributed by atoms with E-state index in [9.17, 15) is 4.79 Å². The molecule has 0 radical (unpaired) electrons. The van der Waals surface area contributed by atoms with Gasteiger partial charge in [0.2, 0.25) is 5.91 Å². The summed E-state index contributed by atoms with van der Waals surface area (Å²) < 4.78 is 0. The quantitative estimate of drug-likeness (QED) is 0.574. The fraction of sp³-hybridized carbons (Fsp3) is 0.700. The summed E-state index contributed by atoms with van der Waals surface area (Å²) in [7, 11) is 0. The van der Waals surface area contributed by atoms with Crippen LogP contribution in [0.1, 0.15) is 26.2 Å². The van der Waals surface area contributed by atoms with Gasteiger partial charge in [-0.2, -0.15) is 0 Å². The van der Waals surface area contributed by atoms with Gasteiger partial charge in [0.05, 0.1) is 6.54 Å². The van der Waals surface area contributed by atoms with E-state index in [2.05, 4.69) is 5.92 Å². The molecular formula is C10H15NO. The van der Waals surface area contributed by atoms with Gasteiger partial charge in [0.25, 0.3) is 0 Å². The minimum absolute atomic E-state index is 0.180. The highest BCUT2D eigenvalue weighted by Crippen LogP contribution is 2.29. The molecule has 0 aliphatic heterocycles. The van der Waals surface area contributed by atoms with Gasteiger partial charge in [-0.3, -0.25) is 4.79 Å².